The minimum absolute atomic E-state index is 0.412. The summed E-state index contributed by atoms with van der Waals surface area (Å²) in [5.41, 5.74) is 9.49. The van der Waals surface area contributed by atoms with Crippen molar-refractivity contribution in [3.63, 3.8) is 0 Å². The molecule has 1 unspecified atom stereocenters. The molecule has 11 nitrogen and oxygen atoms in total. The van der Waals surface area contributed by atoms with Gasteiger partial charge in [0.15, 0.2) is 11.6 Å². The second kappa shape index (κ2) is 11.0. The highest BCUT2D eigenvalue weighted by atomic mass is 16.5. The lowest BCUT2D eigenvalue weighted by Crippen LogP contribution is -2.56. The Morgan fingerprint density at radius 2 is 1.95 bits per heavy atom. The van der Waals surface area contributed by atoms with Crippen molar-refractivity contribution in [3.8, 4) is 22.9 Å². The van der Waals surface area contributed by atoms with Gasteiger partial charge in [-0.25, -0.2) is 4.98 Å². The first-order valence-corrected chi connectivity index (χ1v) is 13.6. The molecule has 6 rings (SSSR count). The van der Waals surface area contributed by atoms with E-state index < -0.39 is 5.91 Å². The van der Waals surface area contributed by atoms with Crippen molar-refractivity contribution in [2.45, 2.75) is 72.1 Å². The first-order valence-electron chi connectivity index (χ1n) is 13.6. The van der Waals surface area contributed by atoms with Gasteiger partial charge in [-0.3, -0.25) is 24.2 Å². The molecule has 0 radical (unpaired) electrons. The summed E-state index contributed by atoms with van der Waals surface area (Å²) in [6.45, 7) is 12.2. The Labute approximate surface area is 222 Å². The minimum atomic E-state index is -0.492. The lowest BCUT2D eigenvalue weighted by Gasteiger charge is -2.47. The van der Waals surface area contributed by atoms with Gasteiger partial charge in [0, 0.05) is 54.9 Å². The molecule has 2 fully saturated rings. The number of primary amides is 1. The number of nitrogens with zero attached hydrogens (tertiary/aromatic N) is 7. The maximum atomic E-state index is 12.2. The van der Waals surface area contributed by atoms with E-state index in [1.165, 1.54) is 0 Å². The van der Waals surface area contributed by atoms with E-state index in [9.17, 15) is 4.79 Å². The predicted octanol–water partition coefficient (Wildman–Crippen LogP) is 3.39. The largest absolute Gasteiger partial charge is 0.381 e. The van der Waals surface area contributed by atoms with E-state index in [0.717, 1.165) is 80.0 Å². The van der Waals surface area contributed by atoms with Crippen LogP contribution >= 0.6 is 0 Å². The molecule has 2 saturated heterocycles. The van der Waals surface area contributed by atoms with Crippen LogP contribution in [0.2, 0.25) is 0 Å². The number of aromatic nitrogens is 7. The maximum Gasteiger partial charge on any atom is 0.248 e. The third-order valence-corrected chi connectivity index (χ3v) is 7.45. The van der Waals surface area contributed by atoms with Crippen molar-refractivity contribution in [1.82, 2.24) is 39.6 Å². The van der Waals surface area contributed by atoms with Crippen LogP contribution < -0.4 is 5.73 Å². The summed E-state index contributed by atoms with van der Waals surface area (Å²) in [5, 5.41) is 17.6. The summed E-state index contributed by atoms with van der Waals surface area (Å²) in [5.74, 6) is 0.625. The van der Waals surface area contributed by atoms with Gasteiger partial charge in [0.05, 0.1) is 24.0 Å². The van der Waals surface area contributed by atoms with Crippen LogP contribution in [0.15, 0.2) is 24.4 Å². The first kappa shape index (κ1) is 26.1. The van der Waals surface area contributed by atoms with Crippen molar-refractivity contribution < 1.29 is 9.53 Å². The number of nitrogens with one attached hydrogen (secondary N) is 1. The summed E-state index contributed by atoms with van der Waals surface area (Å²) >= 11 is 0. The molecule has 1 atom stereocenters. The molecule has 2 aliphatic rings. The fourth-order valence-electron chi connectivity index (χ4n) is 5.48. The number of fused-ring (bicyclic) bond motifs is 1. The van der Waals surface area contributed by atoms with Crippen molar-refractivity contribution in [2.75, 3.05) is 19.8 Å². The van der Waals surface area contributed by atoms with E-state index >= 15 is 0 Å². The van der Waals surface area contributed by atoms with Crippen LogP contribution in [0.25, 0.3) is 33.8 Å². The highest BCUT2D eigenvalue weighted by Crippen LogP contribution is 2.32. The van der Waals surface area contributed by atoms with Gasteiger partial charge in [0.25, 0.3) is 0 Å². The second-order valence-electron chi connectivity index (χ2n) is 9.67. The number of aromatic amines is 1. The summed E-state index contributed by atoms with van der Waals surface area (Å²) in [4.78, 5) is 19.6. The molecule has 4 aromatic rings. The van der Waals surface area contributed by atoms with Gasteiger partial charge < -0.3 is 10.5 Å². The zero-order chi connectivity index (χ0) is 26.8. The average molecular weight is 520 g/mol. The van der Waals surface area contributed by atoms with Crippen molar-refractivity contribution in [1.29, 1.82) is 0 Å². The number of amides is 1. The molecular weight excluding hydrogens is 482 g/mol. The summed E-state index contributed by atoms with van der Waals surface area (Å²) in [6, 6.07) is 6.55. The number of carbonyl (C=O) groups excluding carboxylic acids is 1. The SMILES string of the molecule is CC.CCn1nc(C)cc1-c1nc(-c2cc(C(N)=O)cc3c2cnn3CC2CCN2C2CCOCC2)n[nH]1. The molecule has 3 N–H and O–H groups in total. The van der Waals surface area contributed by atoms with E-state index in [4.69, 9.17) is 20.6 Å². The molecule has 5 heterocycles. The molecule has 3 aromatic heterocycles. The van der Waals surface area contributed by atoms with Gasteiger partial charge in [0.2, 0.25) is 5.91 Å². The zero-order valence-corrected chi connectivity index (χ0v) is 22.6. The average Bonchev–Trinajstić information content (AvgIpc) is 3.66. The van der Waals surface area contributed by atoms with Crippen LogP contribution in [0, 0.1) is 6.92 Å². The highest BCUT2D eigenvalue weighted by molar-refractivity contribution is 6.02. The van der Waals surface area contributed by atoms with Gasteiger partial charge in [-0.05, 0) is 51.3 Å². The molecule has 0 saturated carbocycles. The lowest BCUT2D eigenvalue weighted by molar-refractivity contribution is -0.0289. The van der Waals surface area contributed by atoms with E-state index in [0.29, 0.717) is 29.3 Å². The number of nitrogens with two attached hydrogens (primary N) is 1. The number of H-pyrrole nitrogens is 1. The highest BCUT2D eigenvalue weighted by Gasteiger charge is 2.35. The normalized spacial score (nSPS) is 18.3. The Balaban J connectivity index is 0.00000144. The van der Waals surface area contributed by atoms with Crippen molar-refractivity contribution >= 4 is 16.8 Å². The van der Waals surface area contributed by atoms with Gasteiger partial charge >= 0.3 is 0 Å². The number of ether oxygens (including phenoxy) is 1. The van der Waals surface area contributed by atoms with Crippen LogP contribution in [0.5, 0.6) is 0 Å². The summed E-state index contributed by atoms with van der Waals surface area (Å²) in [7, 11) is 0. The Kier molecular flexibility index (Phi) is 7.57. The summed E-state index contributed by atoms with van der Waals surface area (Å²) < 4.78 is 9.42. The van der Waals surface area contributed by atoms with Crippen molar-refractivity contribution in [3.05, 3.63) is 35.7 Å². The Morgan fingerprint density at radius 3 is 2.63 bits per heavy atom. The Bertz CT molecular complexity index is 1410. The van der Waals surface area contributed by atoms with Gasteiger partial charge in [0.1, 0.15) is 5.69 Å². The van der Waals surface area contributed by atoms with E-state index in [2.05, 4.69) is 20.2 Å². The molecule has 202 valence electrons. The zero-order valence-electron chi connectivity index (χ0n) is 22.6. The number of hydrogen-bond donors (Lipinski definition) is 2. The third-order valence-electron chi connectivity index (χ3n) is 7.45. The number of aryl methyl sites for hydroxylation is 2. The van der Waals surface area contributed by atoms with Crippen LogP contribution in [0.1, 0.15) is 56.1 Å². The van der Waals surface area contributed by atoms with Gasteiger partial charge in [-0.2, -0.15) is 15.3 Å². The number of rotatable bonds is 7. The van der Waals surface area contributed by atoms with E-state index in [1.807, 2.05) is 55.4 Å². The fourth-order valence-corrected chi connectivity index (χ4v) is 5.48. The lowest BCUT2D eigenvalue weighted by atomic mass is 9.95. The second-order valence-corrected chi connectivity index (χ2v) is 9.67. The summed E-state index contributed by atoms with van der Waals surface area (Å²) in [6.07, 6.45) is 5.13. The van der Waals surface area contributed by atoms with Crippen LogP contribution in [0.4, 0.5) is 0 Å². The molecule has 1 amide bonds. The number of benzene rings is 1. The Morgan fingerprint density at radius 1 is 1.16 bits per heavy atom. The fraction of sp³-hybridized carbons (Fsp3) is 0.519. The monoisotopic (exact) mass is 519 g/mol. The minimum Gasteiger partial charge on any atom is -0.381 e. The quantitative estimate of drug-likeness (QED) is 0.382. The molecular formula is C27H37N9O2. The maximum absolute atomic E-state index is 12.2. The number of carbonyl (C=O) groups is 1. The smallest absolute Gasteiger partial charge is 0.248 e. The molecule has 0 spiro atoms. The van der Waals surface area contributed by atoms with Crippen LogP contribution in [0.3, 0.4) is 0 Å². The molecule has 0 bridgehead atoms. The van der Waals surface area contributed by atoms with Crippen LogP contribution in [-0.2, 0) is 17.8 Å². The first-order chi connectivity index (χ1) is 18.5. The molecule has 38 heavy (non-hydrogen) atoms. The Hall–Kier alpha value is -3.57. The molecule has 0 aliphatic carbocycles. The van der Waals surface area contributed by atoms with E-state index in [-0.39, 0.29) is 0 Å². The van der Waals surface area contributed by atoms with Gasteiger partial charge in [-0.1, -0.05) is 13.8 Å². The van der Waals surface area contributed by atoms with Gasteiger partial charge in [-0.15, -0.1) is 0 Å². The molecule has 1 aromatic carbocycles. The van der Waals surface area contributed by atoms with Crippen molar-refractivity contribution in [2.24, 2.45) is 5.73 Å². The number of likely N-dealkylation sites (tertiary alicyclic amines) is 1. The molecule has 2 aliphatic heterocycles. The number of hydrogen-bond acceptors (Lipinski definition) is 7. The van der Waals surface area contributed by atoms with Crippen LogP contribution in [-0.4, -0.2) is 77.4 Å². The molecule has 11 heteroatoms. The predicted molar refractivity (Wildman–Crippen MR) is 146 cm³/mol. The topological polar surface area (TPSA) is 133 Å². The van der Waals surface area contributed by atoms with E-state index in [1.54, 1.807) is 6.07 Å². The standard InChI is InChI=1S/C25H31N9O2.C2H6/c1-3-33-22(10-15(2)31-33)25-28-24(29-30-25)19-11-16(23(26)35)12-21-20(19)13-27-34(21)14-18-4-7-32(18)17-5-8-36-9-6-17;1-2/h10-13,17-18H,3-9,14H2,1-2H3,(H2,26,35)(H,28,29,30);1-2H3. The third kappa shape index (κ3) is 4.83.